The Kier molecular flexibility index (Phi) is 5.11. The number of amides is 2. The molecule has 8 nitrogen and oxygen atoms in total. The molecule has 3 aromatic rings. The van der Waals surface area contributed by atoms with Crippen LogP contribution >= 0.6 is 0 Å². The summed E-state index contributed by atoms with van der Waals surface area (Å²) >= 11 is 0. The number of pyridine rings is 1. The average molecular weight is 369 g/mol. The molecule has 0 radical (unpaired) electrons. The third kappa shape index (κ3) is 4.46. The summed E-state index contributed by atoms with van der Waals surface area (Å²) in [6, 6.07) is 9.29. The summed E-state index contributed by atoms with van der Waals surface area (Å²) < 4.78 is 14.6. The summed E-state index contributed by atoms with van der Waals surface area (Å²) in [7, 11) is 0. The van der Waals surface area contributed by atoms with E-state index in [1.807, 2.05) is 0 Å². The standard InChI is InChI=1S/C18H16FN5O3/c19-13-3-1-11(2-4-13)16-7-14(12(8-21-16)9-22-18(26)27)15-5-6-24(23-15)10-17(20)25/h1-8,22H,9-10H2,(H2,20,25)(H,26,27). The maximum absolute atomic E-state index is 13.2. The highest BCUT2D eigenvalue weighted by Crippen LogP contribution is 2.27. The fraction of sp³-hybridized carbons (Fsp3) is 0.111. The number of carbonyl (C=O) groups is 2. The molecule has 1 aromatic carbocycles. The molecular formula is C18H16FN5O3. The number of nitrogens with two attached hydrogens (primary N) is 1. The van der Waals surface area contributed by atoms with Crippen molar-refractivity contribution in [2.75, 3.05) is 0 Å². The Morgan fingerprint density at radius 3 is 2.59 bits per heavy atom. The second-order valence-electron chi connectivity index (χ2n) is 5.76. The molecule has 2 aromatic heterocycles. The Morgan fingerprint density at radius 2 is 1.93 bits per heavy atom. The molecule has 2 heterocycles. The van der Waals surface area contributed by atoms with E-state index in [-0.39, 0.29) is 18.9 Å². The van der Waals surface area contributed by atoms with Crippen molar-refractivity contribution in [3.8, 4) is 22.5 Å². The first kappa shape index (κ1) is 18.1. The predicted molar refractivity (Wildman–Crippen MR) is 94.9 cm³/mol. The molecule has 4 N–H and O–H groups in total. The van der Waals surface area contributed by atoms with Crippen LogP contribution in [0.15, 0.2) is 48.8 Å². The predicted octanol–water partition coefficient (Wildman–Crippen LogP) is 2.00. The molecule has 0 aliphatic rings. The van der Waals surface area contributed by atoms with Crippen LogP contribution in [0.1, 0.15) is 5.56 Å². The van der Waals surface area contributed by atoms with Gasteiger partial charge in [0.25, 0.3) is 0 Å². The van der Waals surface area contributed by atoms with E-state index < -0.39 is 12.0 Å². The average Bonchev–Trinajstić information content (AvgIpc) is 3.08. The van der Waals surface area contributed by atoms with Gasteiger partial charge in [-0.05, 0) is 42.0 Å². The van der Waals surface area contributed by atoms with Crippen molar-refractivity contribution in [2.45, 2.75) is 13.1 Å². The minimum atomic E-state index is -1.16. The molecule has 0 aliphatic heterocycles. The Morgan fingerprint density at radius 1 is 1.19 bits per heavy atom. The minimum Gasteiger partial charge on any atom is -0.465 e. The van der Waals surface area contributed by atoms with Crippen LogP contribution in [-0.2, 0) is 17.9 Å². The molecule has 0 saturated heterocycles. The lowest BCUT2D eigenvalue weighted by atomic mass is 10.0. The van der Waals surface area contributed by atoms with Gasteiger partial charge in [-0.1, -0.05) is 0 Å². The lowest BCUT2D eigenvalue weighted by Crippen LogP contribution is -2.20. The molecule has 0 unspecified atom stereocenters. The molecule has 138 valence electrons. The number of aromatic nitrogens is 3. The third-order valence-corrected chi connectivity index (χ3v) is 3.79. The van der Waals surface area contributed by atoms with E-state index in [0.717, 1.165) is 0 Å². The Bertz CT molecular complexity index is 985. The maximum atomic E-state index is 13.2. The second kappa shape index (κ2) is 7.65. The Hall–Kier alpha value is -3.75. The van der Waals surface area contributed by atoms with Crippen molar-refractivity contribution < 1.29 is 19.1 Å². The minimum absolute atomic E-state index is 0.0318. The number of nitrogens with one attached hydrogen (secondary N) is 1. The number of rotatable bonds is 6. The largest absolute Gasteiger partial charge is 0.465 e. The van der Waals surface area contributed by atoms with Gasteiger partial charge in [-0.15, -0.1) is 0 Å². The van der Waals surface area contributed by atoms with Crippen LogP contribution in [0.4, 0.5) is 9.18 Å². The van der Waals surface area contributed by atoms with E-state index in [4.69, 9.17) is 10.8 Å². The number of primary amides is 1. The highest BCUT2D eigenvalue weighted by atomic mass is 19.1. The number of halogens is 1. The first-order valence-electron chi connectivity index (χ1n) is 7.96. The van der Waals surface area contributed by atoms with Crippen molar-refractivity contribution in [3.63, 3.8) is 0 Å². The van der Waals surface area contributed by atoms with Gasteiger partial charge in [-0.2, -0.15) is 5.10 Å². The fourth-order valence-electron chi connectivity index (χ4n) is 2.57. The molecule has 0 bridgehead atoms. The lowest BCUT2D eigenvalue weighted by Gasteiger charge is -2.10. The smallest absolute Gasteiger partial charge is 0.404 e. The van der Waals surface area contributed by atoms with Gasteiger partial charge in [0.05, 0.1) is 11.4 Å². The van der Waals surface area contributed by atoms with Crippen LogP contribution in [-0.4, -0.2) is 31.9 Å². The van der Waals surface area contributed by atoms with E-state index in [1.54, 1.807) is 30.5 Å². The number of hydrogen-bond donors (Lipinski definition) is 3. The van der Waals surface area contributed by atoms with Gasteiger partial charge in [0, 0.05) is 30.1 Å². The highest BCUT2D eigenvalue weighted by molar-refractivity contribution is 5.74. The Balaban J connectivity index is 2.02. The van der Waals surface area contributed by atoms with Crippen molar-refractivity contribution in [3.05, 3.63) is 60.2 Å². The normalized spacial score (nSPS) is 10.6. The molecule has 0 fully saturated rings. The van der Waals surface area contributed by atoms with Crippen molar-refractivity contribution in [2.24, 2.45) is 5.73 Å². The second-order valence-corrected chi connectivity index (χ2v) is 5.76. The summed E-state index contributed by atoms with van der Waals surface area (Å²) in [5.74, 6) is -0.884. The number of hydrogen-bond acceptors (Lipinski definition) is 4. The van der Waals surface area contributed by atoms with E-state index >= 15 is 0 Å². The van der Waals surface area contributed by atoms with Crippen molar-refractivity contribution >= 4 is 12.0 Å². The Labute approximate surface area is 153 Å². The summed E-state index contributed by atoms with van der Waals surface area (Å²) in [4.78, 5) is 26.2. The van der Waals surface area contributed by atoms with Crippen LogP contribution < -0.4 is 11.1 Å². The van der Waals surface area contributed by atoms with E-state index in [9.17, 15) is 14.0 Å². The molecule has 3 rings (SSSR count). The first-order valence-corrected chi connectivity index (χ1v) is 7.96. The molecule has 0 spiro atoms. The monoisotopic (exact) mass is 369 g/mol. The first-order chi connectivity index (χ1) is 12.9. The number of carbonyl (C=O) groups excluding carboxylic acids is 1. The number of nitrogens with zero attached hydrogens (tertiary/aromatic N) is 3. The van der Waals surface area contributed by atoms with Gasteiger partial charge >= 0.3 is 6.09 Å². The van der Waals surface area contributed by atoms with Crippen LogP contribution in [0, 0.1) is 5.82 Å². The van der Waals surface area contributed by atoms with Crippen molar-refractivity contribution in [1.82, 2.24) is 20.1 Å². The van der Waals surface area contributed by atoms with Crippen LogP contribution in [0.2, 0.25) is 0 Å². The third-order valence-electron chi connectivity index (χ3n) is 3.79. The van der Waals surface area contributed by atoms with Gasteiger partial charge in [0.15, 0.2) is 0 Å². The fourth-order valence-corrected chi connectivity index (χ4v) is 2.57. The quantitative estimate of drug-likeness (QED) is 0.613. The van der Waals surface area contributed by atoms with Crippen molar-refractivity contribution in [1.29, 1.82) is 0 Å². The molecule has 0 aliphatic carbocycles. The molecule has 0 atom stereocenters. The van der Waals surface area contributed by atoms with E-state index in [1.165, 1.54) is 23.0 Å². The molecular weight excluding hydrogens is 353 g/mol. The summed E-state index contributed by atoms with van der Waals surface area (Å²) in [6.45, 7) is -0.0390. The van der Waals surface area contributed by atoms with Gasteiger partial charge in [-0.3, -0.25) is 14.5 Å². The zero-order valence-electron chi connectivity index (χ0n) is 14.1. The summed E-state index contributed by atoms with van der Waals surface area (Å²) in [6.07, 6.45) is 1.98. The topological polar surface area (TPSA) is 123 Å². The SMILES string of the molecule is NC(=O)Cn1ccc(-c2cc(-c3ccc(F)cc3)ncc2CNC(=O)O)n1. The highest BCUT2D eigenvalue weighted by Gasteiger charge is 2.13. The molecule has 27 heavy (non-hydrogen) atoms. The van der Waals surface area contributed by atoms with Gasteiger partial charge in [0.2, 0.25) is 5.91 Å². The van der Waals surface area contributed by atoms with Gasteiger partial charge in [0.1, 0.15) is 12.4 Å². The van der Waals surface area contributed by atoms with Crippen LogP contribution in [0.25, 0.3) is 22.5 Å². The van der Waals surface area contributed by atoms with E-state index in [0.29, 0.717) is 28.1 Å². The number of benzene rings is 1. The maximum Gasteiger partial charge on any atom is 0.404 e. The van der Waals surface area contributed by atoms with Crippen LogP contribution in [0.5, 0.6) is 0 Å². The van der Waals surface area contributed by atoms with E-state index in [2.05, 4.69) is 15.4 Å². The molecule has 2 amide bonds. The van der Waals surface area contributed by atoms with Crippen LogP contribution in [0.3, 0.4) is 0 Å². The van der Waals surface area contributed by atoms with Gasteiger partial charge < -0.3 is 16.2 Å². The molecule has 9 heteroatoms. The summed E-state index contributed by atoms with van der Waals surface area (Å²) in [5, 5.41) is 15.5. The summed E-state index contributed by atoms with van der Waals surface area (Å²) in [5.41, 5.74) is 8.23. The van der Waals surface area contributed by atoms with Gasteiger partial charge in [-0.25, -0.2) is 9.18 Å². The number of carboxylic acid groups (broad SMARTS) is 1. The molecule has 0 saturated carbocycles. The lowest BCUT2D eigenvalue weighted by molar-refractivity contribution is -0.118. The zero-order valence-corrected chi connectivity index (χ0v) is 14.1. The zero-order chi connectivity index (χ0) is 19.4.